The first kappa shape index (κ1) is 11.0. The Morgan fingerprint density at radius 3 is 2.31 bits per heavy atom. The van der Waals surface area contributed by atoms with Gasteiger partial charge in [0.25, 0.3) is 0 Å². The van der Waals surface area contributed by atoms with Crippen LogP contribution in [0.25, 0.3) is 0 Å². The van der Waals surface area contributed by atoms with E-state index in [9.17, 15) is 5.11 Å². The summed E-state index contributed by atoms with van der Waals surface area (Å²) in [5.74, 6) is 0. The predicted molar refractivity (Wildman–Crippen MR) is 55.8 cm³/mol. The molecule has 1 saturated carbocycles. The Bertz CT molecular complexity index is 148. The van der Waals surface area contributed by atoms with Crippen molar-refractivity contribution < 1.29 is 5.11 Å². The lowest BCUT2D eigenvalue weighted by Crippen LogP contribution is -2.43. The number of nitrogens with one attached hydrogen (secondary N) is 1. The molecule has 0 radical (unpaired) electrons. The highest BCUT2D eigenvalue weighted by Crippen LogP contribution is 2.30. The van der Waals surface area contributed by atoms with E-state index in [0.29, 0.717) is 12.1 Å². The molecule has 0 amide bonds. The van der Waals surface area contributed by atoms with Gasteiger partial charge in [-0.1, -0.05) is 20.8 Å². The first-order valence-electron chi connectivity index (χ1n) is 5.54. The van der Waals surface area contributed by atoms with Gasteiger partial charge >= 0.3 is 0 Å². The first-order valence-corrected chi connectivity index (χ1v) is 5.54. The van der Waals surface area contributed by atoms with Gasteiger partial charge in [-0.25, -0.2) is 0 Å². The van der Waals surface area contributed by atoms with Gasteiger partial charge in [-0.2, -0.15) is 0 Å². The zero-order chi connectivity index (χ0) is 9.90. The molecule has 13 heavy (non-hydrogen) atoms. The second-order valence-electron chi connectivity index (χ2n) is 4.67. The van der Waals surface area contributed by atoms with Crippen LogP contribution in [0.1, 0.15) is 52.9 Å². The Labute approximate surface area is 81.7 Å². The van der Waals surface area contributed by atoms with Crippen LogP contribution < -0.4 is 5.32 Å². The van der Waals surface area contributed by atoms with Gasteiger partial charge in [0.05, 0.1) is 5.60 Å². The van der Waals surface area contributed by atoms with Crippen LogP contribution in [-0.2, 0) is 0 Å². The number of hydrogen-bond donors (Lipinski definition) is 2. The molecule has 1 fully saturated rings. The molecule has 78 valence electrons. The molecule has 2 nitrogen and oxygen atoms in total. The molecule has 2 heteroatoms. The van der Waals surface area contributed by atoms with Gasteiger partial charge in [-0.05, 0) is 32.1 Å². The zero-order valence-electron chi connectivity index (χ0n) is 9.14. The average Bonchev–Trinajstić information content (AvgIpc) is 2.09. The van der Waals surface area contributed by atoms with Crippen molar-refractivity contribution in [3.05, 3.63) is 0 Å². The summed E-state index contributed by atoms with van der Waals surface area (Å²) in [6.07, 6.45) is 5.09. The van der Waals surface area contributed by atoms with Gasteiger partial charge in [-0.3, -0.25) is 0 Å². The van der Waals surface area contributed by atoms with Crippen molar-refractivity contribution in [1.29, 1.82) is 0 Å². The molecule has 0 bridgehead atoms. The molecular weight excluding hydrogens is 162 g/mol. The molecule has 0 aromatic rings. The lowest BCUT2D eigenvalue weighted by atomic mass is 9.80. The van der Waals surface area contributed by atoms with Gasteiger partial charge in [0.2, 0.25) is 0 Å². The summed E-state index contributed by atoms with van der Waals surface area (Å²) in [6.45, 7) is 6.44. The fourth-order valence-corrected chi connectivity index (χ4v) is 2.15. The second kappa shape index (κ2) is 4.43. The third kappa shape index (κ3) is 3.28. The first-order chi connectivity index (χ1) is 6.06. The molecule has 1 aliphatic carbocycles. The van der Waals surface area contributed by atoms with Crippen LogP contribution in [0.15, 0.2) is 0 Å². The third-order valence-electron chi connectivity index (χ3n) is 3.14. The minimum absolute atomic E-state index is 0.352. The molecule has 0 aromatic carbocycles. The fourth-order valence-electron chi connectivity index (χ4n) is 2.15. The lowest BCUT2D eigenvalue weighted by Gasteiger charge is -2.36. The molecular formula is C11H23NO. The Hall–Kier alpha value is -0.0800. The largest absolute Gasteiger partial charge is 0.390 e. The molecule has 0 aromatic heterocycles. The summed E-state index contributed by atoms with van der Waals surface area (Å²) < 4.78 is 0. The van der Waals surface area contributed by atoms with Crippen molar-refractivity contribution in [3.63, 3.8) is 0 Å². The summed E-state index contributed by atoms with van der Waals surface area (Å²) >= 11 is 0. The van der Waals surface area contributed by atoms with Crippen LogP contribution >= 0.6 is 0 Å². The Balaban J connectivity index is 2.30. The van der Waals surface area contributed by atoms with E-state index < -0.39 is 0 Å². The summed E-state index contributed by atoms with van der Waals surface area (Å²) in [4.78, 5) is 0. The molecule has 0 spiro atoms. The third-order valence-corrected chi connectivity index (χ3v) is 3.14. The molecule has 1 rings (SSSR count). The van der Waals surface area contributed by atoms with Crippen molar-refractivity contribution in [2.45, 2.75) is 70.6 Å². The minimum Gasteiger partial charge on any atom is -0.390 e. The SMILES string of the molecule is CC[C@]1(O)CC[C@H](NC(C)C)CC1. The van der Waals surface area contributed by atoms with E-state index >= 15 is 0 Å². The maximum atomic E-state index is 10.0. The maximum absolute atomic E-state index is 10.0. The van der Waals surface area contributed by atoms with Crippen LogP contribution in [-0.4, -0.2) is 22.8 Å². The molecule has 0 saturated heterocycles. The Morgan fingerprint density at radius 2 is 1.92 bits per heavy atom. The van der Waals surface area contributed by atoms with E-state index in [4.69, 9.17) is 0 Å². The molecule has 1 aliphatic rings. The summed E-state index contributed by atoms with van der Waals surface area (Å²) in [7, 11) is 0. The van der Waals surface area contributed by atoms with Crippen LogP contribution in [0, 0.1) is 0 Å². The Kier molecular flexibility index (Phi) is 3.74. The highest BCUT2D eigenvalue weighted by molar-refractivity contribution is 4.87. The molecule has 2 N–H and O–H groups in total. The van der Waals surface area contributed by atoms with Crippen LogP contribution in [0.4, 0.5) is 0 Å². The highest BCUT2D eigenvalue weighted by atomic mass is 16.3. The summed E-state index contributed by atoms with van der Waals surface area (Å²) in [5, 5.41) is 13.5. The standard InChI is InChI=1S/C11H23NO/c1-4-11(13)7-5-10(6-8-11)12-9(2)3/h9-10,12-13H,4-8H2,1-3H3/t10-,11-. The topological polar surface area (TPSA) is 32.3 Å². The fraction of sp³-hybridized carbons (Fsp3) is 1.00. The van der Waals surface area contributed by atoms with Gasteiger partial charge in [-0.15, -0.1) is 0 Å². The smallest absolute Gasteiger partial charge is 0.0646 e. The second-order valence-corrected chi connectivity index (χ2v) is 4.67. The molecule has 0 atom stereocenters. The van der Waals surface area contributed by atoms with E-state index in [2.05, 4.69) is 26.1 Å². The van der Waals surface area contributed by atoms with Crippen molar-refractivity contribution in [2.24, 2.45) is 0 Å². The number of hydrogen-bond acceptors (Lipinski definition) is 2. The monoisotopic (exact) mass is 185 g/mol. The van der Waals surface area contributed by atoms with Crippen molar-refractivity contribution in [3.8, 4) is 0 Å². The number of aliphatic hydroxyl groups is 1. The van der Waals surface area contributed by atoms with E-state index in [0.717, 1.165) is 32.1 Å². The highest BCUT2D eigenvalue weighted by Gasteiger charge is 2.31. The van der Waals surface area contributed by atoms with E-state index in [-0.39, 0.29) is 5.60 Å². The van der Waals surface area contributed by atoms with E-state index in [1.165, 1.54) is 0 Å². The van der Waals surface area contributed by atoms with E-state index in [1.54, 1.807) is 0 Å². The Morgan fingerprint density at radius 1 is 1.38 bits per heavy atom. The van der Waals surface area contributed by atoms with Gasteiger partial charge in [0, 0.05) is 12.1 Å². The number of rotatable bonds is 3. The van der Waals surface area contributed by atoms with Crippen molar-refractivity contribution in [2.75, 3.05) is 0 Å². The maximum Gasteiger partial charge on any atom is 0.0646 e. The predicted octanol–water partition coefficient (Wildman–Crippen LogP) is 2.07. The summed E-state index contributed by atoms with van der Waals surface area (Å²) in [6, 6.07) is 1.20. The quantitative estimate of drug-likeness (QED) is 0.705. The van der Waals surface area contributed by atoms with Crippen molar-refractivity contribution >= 4 is 0 Å². The van der Waals surface area contributed by atoms with Gasteiger partial charge in [0.1, 0.15) is 0 Å². The van der Waals surface area contributed by atoms with Crippen molar-refractivity contribution in [1.82, 2.24) is 5.32 Å². The normalized spacial score (nSPS) is 35.3. The van der Waals surface area contributed by atoms with Crippen LogP contribution in [0.3, 0.4) is 0 Å². The zero-order valence-corrected chi connectivity index (χ0v) is 9.14. The van der Waals surface area contributed by atoms with Gasteiger partial charge in [0.15, 0.2) is 0 Å². The lowest BCUT2D eigenvalue weighted by molar-refractivity contribution is -0.00745. The van der Waals surface area contributed by atoms with Crippen LogP contribution in [0.2, 0.25) is 0 Å². The molecule has 0 heterocycles. The average molecular weight is 185 g/mol. The van der Waals surface area contributed by atoms with Crippen LogP contribution in [0.5, 0.6) is 0 Å². The molecule has 0 aliphatic heterocycles. The van der Waals surface area contributed by atoms with E-state index in [1.807, 2.05) is 0 Å². The van der Waals surface area contributed by atoms with Gasteiger partial charge < -0.3 is 10.4 Å². The molecule has 0 unspecified atom stereocenters. The minimum atomic E-state index is -0.352. The summed E-state index contributed by atoms with van der Waals surface area (Å²) in [5.41, 5.74) is -0.352.